The first-order chi connectivity index (χ1) is 16.1. The lowest BCUT2D eigenvalue weighted by molar-refractivity contribution is 0.0714. The van der Waals surface area contributed by atoms with Crippen LogP contribution in [-0.2, 0) is 0 Å². The number of benzene rings is 2. The van der Waals surface area contributed by atoms with Crippen LogP contribution < -0.4 is 5.32 Å². The average Bonchev–Trinajstić information content (AvgIpc) is 3.30. The van der Waals surface area contributed by atoms with E-state index in [1.54, 1.807) is 30.6 Å². The minimum Gasteiger partial charge on any atom is -0.361 e. The summed E-state index contributed by atoms with van der Waals surface area (Å²) in [6.45, 7) is 3.28. The molecule has 4 aromatic rings. The first-order valence-corrected chi connectivity index (χ1v) is 11.3. The van der Waals surface area contributed by atoms with Crippen molar-refractivity contribution in [2.45, 2.75) is 25.7 Å². The van der Waals surface area contributed by atoms with Gasteiger partial charge in [-0.1, -0.05) is 30.3 Å². The number of rotatable bonds is 4. The van der Waals surface area contributed by atoms with Crippen molar-refractivity contribution in [3.63, 3.8) is 0 Å². The molecule has 0 spiro atoms. The van der Waals surface area contributed by atoms with E-state index in [9.17, 15) is 9.59 Å². The molecular weight excluding hydrogens is 412 g/mol. The zero-order valence-corrected chi connectivity index (χ0v) is 18.5. The third-order valence-corrected chi connectivity index (χ3v) is 6.53. The van der Waals surface area contributed by atoms with Crippen LogP contribution in [0.4, 0.5) is 5.69 Å². The topological polar surface area (TPSA) is 78.1 Å². The Labute approximate surface area is 192 Å². The quantitative estimate of drug-likeness (QED) is 0.463. The van der Waals surface area contributed by atoms with Crippen molar-refractivity contribution in [3.8, 4) is 0 Å². The van der Waals surface area contributed by atoms with Crippen LogP contribution in [0.15, 0.2) is 73.2 Å². The Balaban J connectivity index is 1.32. The van der Waals surface area contributed by atoms with Gasteiger partial charge in [-0.25, -0.2) is 0 Å². The van der Waals surface area contributed by atoms with Crippen LogP contribution in [0.25, 0.3) is 10.9 Å². The van der Waals surface area contributed by atoms with Gasteiger partial charge in [0, 0.05) is 48.1 Å². The summed E-state index contributed by atoms with van der Waals surface area (Å²) in [7, 11) is 0. The maximum atomic E-state index is 13.5. The summed E-state index contributed by atoms with van der Waals surface area (Å²) >= 11 is 0. The second-order valence-electron chi connectivity index (χ2n) is 8.54. The third-order valence-electron chi connectivity index (χ3n) is 6.53. The maximum absolute atomic E-state index is 13.5. The van der Waals surface area contributed by atoms with Gasteiger partial charge in [0.1, 0.15) is 0 Å². The molecular formula is C27H26N4O2. The average molecular weight is 439 g/mol. The number of carbonyl (C=O) groups is 2. The molecule has 6 nitrogen and oxygen atoms in total. The molecule has 0 aliphatic carbocycles. The van der Waals surface area contributed by atoms with Crippen molar-refractivity contribution in [3.05, 3.63) is 95.4 Å². The molecule has 2 N–H and O–H groups in total. The number of anilines is 1. The molecule has 0 unspecified atom stereocenters. The minimum absolute atomic E-state index is 0.0406. The molecule has 0 bridgehead atoms. The standard InChI is InChI=1S/C27H26N4O2/c1-18-5-4-7-22(25(18)30-26(32)20-9-13-28-14-10-20)27(33)31-15-11-19(12-16-31)23-17-29-24-8-3-2-6-21(23)24/h2-10,13-14,17,19,29H,11-12,15-16H2,1H3,(H,30,32). The number of pyridine rings is 1. The molecule has 166 valence electrons. The lowest BCUT2D eigenvalue weighted by Gasteiger charge is -2.32. The highest BCUT2D eigenvalue weighted by molar-refractivity contribution is 6.09. The number of carbonyl (C=O) groups excluding carboxylic acids is 2. The molecule has 0 saturated carbocycles. The van der Waals surface area contributed by atoms with Crippen LogP contribution in [-0.4, -0.2) is 39.8 Å². The second kappa shape index (κ2) is 8.90. The molecule has 6 heteroatoms. The molecule has 1 saturated heterocycles. The lowest BCUT2D eigenvalue weighted by atomic mass is 9.89. The fraction of sp³-hybridized carbons (Fsp3) is 0.222. The number of likely N-dealkylation sites (tertiary alicyclic amines) is 1. The molecule has 2 amide bonds. The normalized spacial score (nSPS) is 14.4. The number of amides is 2. The van der Waals surface area contributed by atoms with Crippen LogP contribution in [0.1, 0.15) is 50.6 Å². The molecule has 3 heterocycles. The van der Waals surface area contributed by atoms with Gasteiger partial charge < -0.3 is 15.2 Å². The monoisotopic (exact) mass is 438 g/mol. The summed E-state index contributed by atoms with van der Waals surface area (Å²) in [5.74, 6) is 0.133. The van der Waals surface area contributed by atoms with Gasteiger partial charge in [-0.05, 0) is 61.1 Å². The fourth-order valence-electron chi connectivity index (χ4n) is 4.70. The van der Waals surface area contributed by atoms with E-state index >= 15 is 0 Å². The van der Waals surface area contributed by atoms with Crippen LogP contribution >= 0.6 is 0 Å². The summed E-state index contributed by atoms with van der Waals surface area (Å²) in [6.07, 6.45) is 7.10. The van der Waals surface area contributed by atoms with Crippen molar-refractivity contribution in [1.82, 2.24) is 14.9 Å². The third kappa shape index (κ3) is 4.12. The highest BCUT2D eigenvalue weighted by Crippen LogP contribution is 2.34. The van der Waals surface area contributed by atoms with Crippen LogP contribution in [0, 0.1) is 6.92 Å². The van der Waals surface area contributed by atoms with E-state index < -0.39 is 0 Å². The number of aromatic nitrogens is 2. The number of hydrogen-bond donors (Lipinski definition) is 2. The first kappa shape index (κ1) is 20.9. The van der Waals surface area contributed by atoms with Gasteiger partial charge in [-0.2, -0.15) is 0 Å². The van der Waals surface area contributed by atoms with Gasteiger partial charge in [0.25, 0.3) is 11.8 Å². The van der Waals surface area contributed by atoms with Gasteiger partial charge in [0.05, 0.1) is 11.3 Å². The lowest BCUT2D eigenvalue weighted by Crippen LogP contribution is -2.38. The van der Waals surface area contributed by atoms with E-state index in [1.807, 2.05) is 30.0 Å². The molecule has 1 fully saturated rings. The molecule has 5 rings (SSSR count). The number of aryl methyl sites for hydroxylation is 1. The number of hydrogen-bond acceptors (Lipinski definition) is 3. The van der Waals surface area contributed by atoms with Gasteiger partial charge in [0.2, 0.25) is 0 Å². The first-order valence-electron chi connectivity index (χ1n) is 11.3. The Kier molecular flexibility index (Phi) is 5.65. The predicted molar refractivity (Wildman–Crippen MR) is 130 cm³/mol. The molecule has 0 atom stereocenters. The summed E-state index contributed by atoms with van der Waals surface area (Å²) < 4.78 is 0. The van der Waals surface area contributed by atoms with Crippen molar-refractivity contribution in [2.75, 3.05) is 18.4 Å². The largest absolute Gasteiger partial charge is 0.361 e. The van der Waals surface area contributed by atoms with E-state index in [1.165, 1.54) is 10.9 Å². The predicted octanol–water partition coefficient (Wildman–Crippen LogP) is 5.14. The highest BCUT2D eigenvalue weighted by Gasteiger charge is 2.28. The molecule has 2 aromatic carbocycles. The Morgan fingerprint density at radius 2 is 1.76 bits per heavy atom. The minimum atomic E-state index is -0.251. The number of H-pyrrole nitrogens is 1. The molecule has 1 aliphatic rings. The Morgan fingerprint density at radius 1 is 1.00 bits per heavy atom. The summed E-state index contributed by atoms with van der Waals surface area (Å²) in [5, 5.41) is 4.21. The van der Waals surface area contributed by atoms with E-state index in [0.29, 0.717) is 35.8 Å². The molecule has 33 heavy (non-hydrogen) atoms. The number of para-hydroxylation sites is 2. The van der Waals surface area contributed by atoms with Gasteiger partial charge in [0.15, 0.2) is 0 Å². The summed E-state index contributed by atoms with van der Waals surface area (Å²) in [5.41, 5.74) is 4.95. The zero-order chi connectivity index (χ0) is 22.8. The number of nitrogens with one attached hydrogen (secondary N) is 2. The van der Waals surface area contributed by atoms with Crippen molar-refractivity contribution >= 4 is 28.4 Å². The van der Waals surface area contributed by atoms with E-state index in [-0.39, 0.29) is 11.8 Å². The summed E-state index contributed by atoms with van der Waals surface area (Å²) in [4.78, 5) is 35.4. The number of nitrogens with zero attached hydrogens (tertiary/aromatic N) is 2. The zero-order valence-electron chi connectivity index (χ0n) is 18.5. The van der Waals surface area contributed by atoms with Crippen molar-refractivity contribution < 1.29 is 9.59 Å². The van der Waals surface area contributed by atoms with E-state index in [2.05, 4.69) is 39.7 Å². The number of piperidine rings is 1. The Hall–Kier alpha value is -3.93. The maximum Gasteiger partial charge on any atom is 0.255 e. The van der Waals surface area contributed by atoms with Crippen molar-refractivity contribution in [1.29, 1.82) is 0 Å². The van der Waals surface area contributed by atoms with Crippen LogP contribution in [0.2, 0.25) is 0 Å². The van der Waals surface area contributed by atoms with E-state index in [0.717, 1.165) is 23.9 Å². The number of aromatic amines is 1. The highest BCUT2D eigenvalue weighted by atomic mass is 16.2. The number of fused-ring (bicyclic) bond motifs is 1. The molecule has 0 radical (unpaired) electrons. The van der Waals surface area contributed by atoms with Crippen LogP contribution in [0.3, 0.4) is 0 Å². The fourth-order valence-corrected chi connectivity index (χ4v) is 4.70. The van der Waals surface area contributed by atoms with Gasteiger partial charge in [-0.3, -0.25) is 14.6 Å². The Morgan fingerprint density at radius 3 is 2.55 bits per heavy atom. The molecule has 1 aliphatic heterocycles. The Bertz CT molecular complexity index is 1300. The SMILES string of the molecule is Cc1cccc(C(=O)N2CCC(c3c[nH]c4ccccc34)CC2)c1NC(=O)c1ccncc1. The smallest absolute Gasteiger partial charge is 0.255 e. The summed E-state index contributed by atoms with van der Waals surface area (Å²) in [6, 6.07) is 17.2. The second-order valence-corrected chi connectivity index (χ2v) is 8.54. The molecule has 2 aromatic heterocycles. The van der Waals surface area contributed by atoms with Gasteiger partial charge in [-0.15, -0.1) is 0 Å². The van der Waals surface area contributed by atoms with Crippen molar-refractivity contribution in [2.24, 2.45) is 0 Å². The van der Waals surface area contributed by atoms with Gasteiger partial charge >= 0.3 is 0 Å². The van der Waals surface area contributed by atoms with E-state index in [4.69, 9.17) is 0 Å². The van der Waals surface area contributed by atoms with Crippen LogP contribution in [0.5, 0.6) is 0 Å².